The van der Waals surface area contributed by atoms with Gasteiger partial charge in [0.2, 0.25) is 11.8 Å². The lowest BCUT2D eigenvalue weighted by molar-refractivity contribution is -0.140. The van der Waals surface area contributed by atoms with Gasteiger partial charge in [0.05, 0.1) is 24.8 Å². The van der Waals surface area contributed by atoms with Crippen LogP contribution in [0.15, 0.2) is 77.7 Å². The van der Waals surface area contributed by atoms with E-state index >= 15 is 0 Å². The Morgan fingerprint density at radius 3 is 2.26 bits per heavy atom. The fraction of sp³-hybridized carbons (Fsp3) is 0.375. The van der Waals surface area contributed by atoms with Gasteiger partial charge in [-0.15, -0.1) is 0 Å². The first-order valence-corrected chi connectivity index (χ1v) is 16.1. The zero-order valence-electron chi connectivity index (χ0n) is 24.7. The third-order valence-corrected chi connectivity index (χ3v) is 9.63. The molecule has 0 radical (unpaired) electrons. The number of nitrogens with zero attached hydrogens (tertiary/aromatic N) is 2. The number of hydrogen-bond donors (Lipinski definition) is 1. The van der Waals surface area contributed by atoms with Gasteiger partial charge in [0.25, 0.3) is 10.0 Å². The van der Waals surface area contributed by atoms with E-state index in [9.17, 15) is 18.0 Å². The van der Waals surface area contributed by atoms with Crippen LogP contribution in [0.3, 0.4) is 0 Å². The smallest absolute Gasteiger partial charge is 0.264 e. The molecule has 43 heavy (non-hydrogen) atoms. The molecule has 0 saturated heterocycles. The number of anilines is 1. The fourth-order valence-electron chi connectivity index (χ4n) is 5.31. The number of carbonyl (C=O) groups is 2. The second-order valence-corrected chi connectivity index (χ2v) is 12.7. The van der Waals surface area contributed by atoms with Gasteiger partial charge >= 0.3 is 0 Å². The standard InChI is InChI=1S/C32H38ClN3O6S/c1-4-28(32(38)34-25-10-8-9-11-25)35(21-23-14-17-26(41-2)18-15-23)31(37)22-36(29-20-24(33)16-19-30(29)42-3)43(39,40)27-12-6-5-7-13-27/h5-7,12-20,25,28H,4,8-11,21-22H2,1-3H3,(H,34,38)/t28-/m0/s1. The summed E-state index contributed by atoms with van der Waals surface area (Å²) in [4.78, 5) is 29.3. The van der Waals surface area contributed by atoms with Gasteiger partial charge in [-0.05, 0) is 67.3 Å². The Morgan fingerprint density at radius 1 is 0.977 bits per heavy atom. The molecule has 3 aromatic carbocycles. The number of halogens is 1. The van der Waals surface area contributed by atoms with Gasteiger partial charge in [-0.3, -0.25) is 13.9 Å². The average Bonchev–Trinajstić information content (AvgIpc) is 3.53. The van der Waals surface area contributed by atoms with Gasteiger partial charge in [0.15, 0.2) is 0 Å². The van der Waals surface area contributed by atoms with Gasteiger partial charge in [-0.1, -0.05) is 61.7 Å². The highest BCUT2D eigenvalue weighted by molar-refractivity contribution is 7.92. The van der Waals surface area contributed by atoms with Crippen LogP contribution < -0.4 is 19.1 Å². The van der Waals surface area contributed by atoms with Crippen LogP contribution in [0.5, 0.6) is 11.5 Å². The second kappa shape index (κ2) is 14.6. The molecule has 11 heteroatoms. The Bertz CT molecular complexity index is 1500. The molecule has 2 amide bonds. The van der Waals surface area contributed by atoms with Crippen molar-refractivity contribution in [1.29, 1.82) is 0 Å². The molecule has 4 rings (SSSR count). The summed E-state index contributed by atoms with van der Waals surface area (Å²) in [5.41, 5.74) is 0.874. The van der Waals surface area contributed by atoms with E-state index in [-0.39, 0.29) is 39.8 Å². The Labute approximate surface area is 258 Å². The molecule has 9 nitrogen and oxygen atoms in total. The number of benzene rings is 3. The molecule has 1 fully saturated rings. The molecule has 3 aromatic rings. The summed E-state index contributed by atoms with van der Waals surface area (Å²) < 4.78 is 39.9. The zero-order valence-corrected chi connectivity index (χ0v) is 26.2. The molecule has 0 heterocycles. The van der Waals surface area contributed by atoms with E-state index in [0.29, 0.717) is 12.2 Å². The van der Waals surface area contributed by atoms with E-state index in [1.165, 1.54) is 30.2 Å². The first-order valence-electron chi connectivity index (χ1n) is 14.3. The van der Waals surface area contributed by atoms with E-state index in [0.717, 1.165) is 35.6 Å². The molecule has 1 saturated carbocycles. The van der Waals surface area contributed by atoms with Crippen LogP contribution in [-0.2, 0) is 26.2 Å². The number of hydrogen-bond acceptors (Lipinski definition) is 6. The maximum Gasteiger partial charge on any atom is 0.264 e. The number of rotatable bonds is 13. The first kappa shape index (κ1) is 32.2. The van der Waals surface area contributed by atoms with Crippen LogP contribution in [0.2, 0.25) is 5.02 Å². The van der Waals surface area contributed by atoms with E-state index in [2.05, 4.69) is 5.32 Å². The van der Waals surface area contributed by atoms with Crippen molar-refractivity contribution in [2.45, 2.75) is 62.6 Å². The Kier molecular flexibility index (Phi) is 10.9. The van der Waals surface area contributed by atoms with Crippen LogP contribution in [0.1, 0.15) is 44.6 Å². The highest BCUT2D eigenvalue weighted by atomic mass is 35.5. The second-order valence-electron chi connectivity index (χ2n) is 10.4. The number of nitrogens with one attached hydrogen (secondary N) is 1. The predicted octanol–water partition coefficient (Wildman–Crippen LogP) is 5.42. The van der Waals surface area contributed by atoms with Gasteiger partial charge in [-0.2, -0.15) is 0 Å². The maximum atomic E-state index is 14.3. The monoisotopic (exact) mass is 627 g/mol. The largest absolute Gasteiger partial charge is 0.497 e. The lowest BCUT2D eigenvalue weighted by Crippen LogP contribution is -2.53. The summed E-state index contributed by atoms with van der Waals surface area (Å²) >= 11 is 6.30. The molecule has 1 atom stereocenters. The fourth-order valence-corrected chi connectivity index (χ4v) is 6.91. The van der Waals surface area contributed by atoms with Gasteiger partial charge < -0.3 is 19.7 Å². The molecule has 0 bridgehead atoms. The topological polar surface area (TPSA) is 105 Å². The van der Waals surface area contributed by atoms with Gasteiger partial charge in [0.1, 0.15) is 24.1 Å². The van der Waals surface area contributed by atoms with Crippen LogP contribution in [-0.4, -0.2) is 58.0 Å². The van der Waals surface area contributed by atoms with Gasteiger partial charge in [0, 0.05) is 17.6 Å². The molecule has 0 aromatic heterocycles. The summed E-state index contributed by atoms with van der Waals surface area (Å²) in [7, 11) is -1.27. The van der Waals surface area contributed by atoms with E-state index < -0.39 is 28.5 Å². The maximum absolute atomic E-state index is 14.3. The molecular formula is C32H38ClN3O6S. The number of methoxy groups -OCH3 is 2. The third kappa shape index (κ3) is 7.80. The molecule has 230 valence electrons. The molecule has 1 aliphatic carbocycles. The van der Waals surface area contributed by atoms with E-state index in [4.69, 9.17) is 21.1 Å². The molecule has 0 unspecified atom stereocenters. The number of ether oxygens (including phenoxy) is 2. The summed E-state index contributed by atoms with van der Waals surface area (Å²) in [6, 6.07) is 18.9. The van der Waals surface area contributed by atoms with Crippen molar-refractivity contribution in [3.05, 3.63) is 83.4 Å². The minimum Gasteiger partial charge on any atom is -0.497 e. The molecular weight excluding hydrogens is 590 g/mol. The minimum atomic E-state index is -4.26. The first-order chi connectivity index (χ1) is 20.7. The van der Waals surface area contributed by atoms with Crippen LogP contribution >= 0.6 is 11.6 Å². The summed E-state index contributed by atoms with van der Waals surface area (Å²) in [5, 5.41) is 3.39. The van der Waals surface area contributed by atoms with Gasteiger partial charge in [-0.25, -0.2) is 8.42 Å². The highest BCUT2D eigenvalue weighted by Crippen LogP contribution is 2.35. The SMILES string of the molecule is CC[C@@H](C(=O)NC1CCCC1)N(Cc1ccc(OC)cc1)C(=O)CN(c1cc(Cl)ccc1OC)S(=O)(=O)c1ccccc1. The lowest BCUT2D eigenvalue weighted by atomic mass is 10.1. The van der Waals surface area contributed by atoms with Crippen molar-refractivity contribution in [1.82, 2.24) is 10.2 Å². The van der Waals surface area contributed by atoms with Crippen molar-refractivity contribution in [2.24, 2.45) is 0 Å². The Morgan fingerprint density at radius 2 is 1.65 bits per heavy atom. The normalized spacial score (nSPS) is 14.1. The quantitative estimate of drug-likeness (QED) is 0.271. The van der Waals surface area contributed by atoms with E-state index in [1.807, 2.05) is 19.1 Å². The average molecular weight is 628 g/mol. The number of sulfonamides is 1. The molecule has 1 aliphatic rings. The minimum absolute atomic E-state index is 0.00227. The summed E-state index contributed by atoms with van der Waals surface area (Å²) in [6.45, 7) is 1.34. The van der Waals surface area contributed by atoms with Crippen molar-refractivity contribution in [3.8, 4) is 11.5 Å². The highest BCUT2D eigenvalue weighted by Gasteiger charge is 2.35. The third-order valence-electron chi connectivity index (χ3n) is 7.62. The van der Waals surface area contributed by atoms with Crippen LogP contribution in [0, 0.1) is 0 Å². The van der Waals surface area contributed by atoms with Crippen molar-refractivity contribution in [3.63, 3.8) is 0 Å². The zero-order chi connectivity index (χ0) is 31.0. The van der Waals surface area contributed by atoms with Crippen molar-refractivity contribution >= 4 is 39.1 Å². The Hall–Kier alpha value is -3.76. The number of amides is 2. The lowest BCUT2D eigenvalue weighted by Gasteiger charge is -2.34. The molecule has 1 N–H and O–H groups in total. The molecule has 0 spiro atoms. The predicted molar refractivity (Wildman–Crippen MR) is 167 cm³/mol. The van der Waals surface area contributed by atoms with Crippen LogP contribution in [0.25, 0.3) is 0 Å². The van der Waals surface area contributed by atoms with Crippen molar-refractivity contribution in [2.75, 3.05) is 25.1 Å². The van der Waals surface area contributed by atoms with E-state index in [1.54, 1.807) is 49.6 Å². The Balaban J connectivity index is 1.75. The number of carbonyl (C=O) groups excluding carboxylic acids is 2. The summed E-state index contributed by atoms with van der Waals surface area (Å²) in [6.07, 6.45) is 4.22. The molecule has 0 aliphatic heterocycles. The van der Waals surface area contributed by atoms with Crippen molar-refractivity contribution < 1.29 is 27.5 Å². The van der Waals surface area contributed by atoms with Crippen LogP contribution in [0.4, 0.5) is 5.69 Å². The summed E-state index contributed by atoms with van der Waals surface area (Å²) in [5.74, 6) is 0.0742.